The molecule has 0 bridgehead atoms. The molecule has 196 valence electrons. The van der Waals surface area contributed by atoms with E-state index < -0.39 is 24.6 Å². The lowest BCUT2D eigenvalue weighted by atomic mass is 10.0. The second-order valence-electron chi connectivity index (χ2n) is 9.08. The molecule has 0 amide bonds. The van der Waals surface area contributed by atoms with Crippen LogP contribution in [-0.2, 0) is 21.3 Å². The number of carboxylic acid groups (broad SMARTS) is 1. The summed E-state index contributed by atoms with van der Waals surface area (Å²) in [6.07, 6.45) is 0. The van der Waals surface area contributed by atoms with Crippen LogP contribution in [-0.4, -0.2) is 65.5 Å². The van der Waals surface area contributed by atoms with E-state index in [-0.39, 0.29) is 17.2 Å². The van der Waals surface area contributed by atoms with Crippen LogP contribution in [0.15, 0.2) is 41.2 Å². The SMILES string of the molecule is Cc1cc([C@@H](C)Nc2ccccc2C(=O)OC[C@H](N)C(=O)O)c2nc(N3CCOCC3)n(C)c(=O)c2c1. The van der Waals surface area contributed by atoms with Gasteiger partial charge in [-0.2, -0.15) is 0 Å². The molecular weight excluding hydrogens is 478 g/mol. The van der Waals surface area contributed by atoms with Crippen molar-refractivity contribution in [3.63, 3.8) is 0 Å². The van der Waals surface area contributed by atoms with Crippen LogP contribution in [0.1, 0.15) is 34.5 Å². The molecule has 11 nitrogen and oxygen atoms in total. The van der Waals surface area contributed by atoms with E-state index in [0.717, 1.165) is 11.1 Å². The van der Waals surface area contributed by atoms with Gasteiger partial charge in [0.1, 0.15) is 12.6 Å². The van der Waals surface area contributed by atoms with Crippen molar-refractivity contribution in [2.75, 3.05) is 43.1 Å². The summed E-state index contributed by atoms with van der Waals surface area (Å²) >= 11 is 0. The average Bonchev–Trinajstić information content (AvgIpc) is 2.89. The van der Waals surface area contributed by atoms with E-state index in [0.29, 0.717) is 48.8 Å². The quantitative estimate of drug-likeness (QED) is 0.384. The minimum Gasteiger partial charge on any atom is -0.480 e. The summed E-state index contributed by atoms with van der Waals surface area (Å²) in [7, 11) is 1.72. The van der Waals surface area contributed by atoms with E-state index in [1.165, 1.54) is 0 Å². The Bertz CT molecular complexity index is 1380. The Hall–Kier alpha value is -3.96. The molecular formula is C26H31N5O6. The second kappa shape index (κ2) is 11.0. The van der Waals surface area contributed by atoms with Gasteiger partial charge in [0, 0.05) is 31.4 Å². The van der Waals surface area contributed by atoms with Gasteiger partial charge in [-0.15, -0.1) is 0 Å². The van der Waals surface area contributed by atoms with Gasteiger partial charge in [-0.1, -0.05) is 18.2 Å². The molecule has 1 fully saturated rings. The molecule has 2 heterocycles. The molecule has 2 aromatic carbocycles. The Morgan fingerprint density at radius 1 is 1.24 bits per heavy atom. The normalized spacial score (nSPS) is 15.3. The smallest absolute Gasteiger partial charge is 0.340 e. The van der Waals surface area contributed by atoms with Gasteiger partial charge in [0.05, 0.1) is 35.7 Å². The molecule has 0 spiro atoms. The molecule has 1 aliphatic heterocycles. The van der Waals surface area contributed by atoms with E-state index in [1.54, 1.807) is 35.9 Å². The molecule has 1 aliphatic rings. The van der Waals surface area contributed by atoms with E-state index in [2.05, 4.69) is 5.32 Å². The molecule has 0 unspecified atom stereocenters. The van der Waals surface area contributed by atoms with Crippen LogP contribution in [0, 0.1) is 6.92 Å². The summed E-state index contributed by atoms with van der Waals surface area (Å²) in [6.45, 7) is 5.81. The van der Waals surface area contributed by atoms with Crippen LogP contribution in [0.5, 0.6) is 0 Å². The number of esters is 1. The summed E-state index contributed by atoms with van der Waals surface area (Å²) in [5.74, 6) is -1.37. The van der Waals surface area contributed by atoms with Gasteiger partial charge in [-0.05, 0) is 37.6 Å². The number of morpholine rings is 1. The maximum absolute atomic E-state index is 13.3. The summed E-state index contributed by atoms with van der Waals surface area (Å²) in [6, 6.07) is 8.93. The highest BCUT2D eigenvalue weighted by atomic mass is 16.5. The molecule has 0 radical (unpaired) electrons. The van der Waals surface area contributed by atoms with E-state index in [4.69, 9.17) is 25.3 Å². The summed E-state index contributed by atoms with van der Waals surface area (Å²) in [5.41, 5.74) is 8.35. The Morgan fingerprint density at radius 3 is 2.65 bits per heavy atom. The van der Waals surface area contributed by atoms with Crippen molar-refractivity contribution in [2.45, 2.75) is 25.9 Å². The van der Waals surface area contributed by atoms with E-state index in [9.17, 15) is 14.4 Å². The fraction of sp³-hybridized carbons (Fsp3) is 0.385. The number of carboxylic acids is 1. The standard InChI is InChI=1S/C26H31N5O6/c1-15-12-18(22-19(13-15)23(32)30(3)26(29-22)31-8-10-36-11-9-31)16(2)28-21-7-5-4-6-17(21)25(35)37-14-20(27)24(33)34/h4-7,12-13,16,20,28H,8-11,14,27H2,1-3H3,(H,33,34)/t16-,20+/m1/s1. The van der Waals surface area contributed by atoms with Crippen molar-refractivity contribution in [1.82, 2.24) is 9.55 Å². The van der Waals surface area contributed by atoms with Crippen molar-refractivity contribution in [3.05, 3.63) is 63.4 Å². The minimum absolute atomic E-state index is 0.137. The Kier molecular flexibility index (Phi) is 7.74. The predicted octanol–water partition coefficient (Wildman–Crippen LogP) is 1.82. The number of benzene rings is 2. The number of nitrogens with one attached hydrogen (secondary N) is 1. The van der Waals surface area contributed by atoms with Gasteiger partial charge in [-0.3, -0.25) is 14.2 Å². The number of nitrogens with zero attached hydrogens (tertiary/aromatic N) is 3. The molecule has 1 aromatic heterocycles. The van der Waals surface area contributed by atoms with Crippen molar-refractivity contribution >= 4 is 34.5 Å². The Balaban J connectivity index is 1.69. The number of carbonyl (C=O) groups excluding carboxylic acids is 1. The number of ether oxygens (including phenoxy) is 2. The third kappa shape index (κ3) is 5.57. The summed E-state index contributed by atoms with van der Waals surface area (Å²) < 4.78 is 12.1. The van der Waals surface area contributed by atoms with Crippen molar-refractivity contribution < 1.29 is 24.2 Å². The first kappa shape index (κ1) is 26.1. The lowest BCUT2D eigenvalue weighted by molar-refractivity contribution is -0.139. The van der Waals surface area contributed by atoms with Crippen LogP contribution >= 0.6 is 0 Å². The van der Waals surface area contributed by atoms with Crippen molar-refractivity contribution in [2.24, 2.45) is 12.8 Å². The number of hydrogen-bond acceptors (Lipinski definition) is 9. The summed E-state index contributed by atoms with van der Waals surface area (Å²) in [4.78, 5) is 43.9. The lowest BCUT2D eigenvalue weighted by Gasteiger charge is -2.29. The molecule has 0 aliphatic carbocycles. The topological polar surface area (TPSA) is 149 Å². The number of anilines is 2. The zero-order valence-corrected chi connectivity index (χ0v) is 21.1. The fourth-order valence-corrected chi connectivity index (χ4v) is 4.33. The van der Waals surface area contributed by atoms with Gasteiger partial charge in [-0.25, -0.2) is 9.78 Å². The van der Waals surface area contributed by atoms with Crippen LogP contribution in [0.4, 0.5) is 11.6 Å². The highest BCUT2D eigenvalue weighted by Crippen LogP contribution is 2.29. The third-order valence-electron chi connectivity index (χ3n) is 6.32. The van der Waals surface area contributed by atoms with Gasteiger partial charge >= 0.3 is 11.9 Å². The number of aromatic nitrogens is 2. The number of carbonyl (C=O) groups is 2. The number of hydrogen-bond donors (Lipinski definition) is 3. The number of rotatable bonds is 8. The average molecular weight is 510 g/mol. The molecule has 0 saturated carbocycles. The molecule has 11 heteroatoms. The number of nitrogens with two attached hydrogens (primary N) is 1. The van der Waals surface area contributed by atoms with Crippen molar-refractivity contribution in [1.29, 1.82) is 0 Å². The van der Waals surface area contributed by atoms with Crippen molar-refractivity contribution in [3.8, 4) is 0 Å². The van der Waals surface area contributed by atoms with Gasteiger partial charge in [0.2, 0.25) is 5.95 Å². The Labute approximate surface area is 213 Å². The fourth-order valence-electron chi connectivity index (χ4n) is 4.33. The van der Waals surface area contributed by atoms with Gasteiger partial charge in [0.25, 0.3) is 5.56 Å². The molecule has 37 heavy (non-hydrogen) atoms. The molecule has 3 aromatic rings. The number of aliphatic carboxylic acids is 1. The minimum atomic E-state index is -1.31. The van der Waals surface area contributed by atoms with E-state index in [1.807, 2.05) is 30.9 Å². The van der Waals surface area contributed by atoms with Crippen LogP contribution in [0.2, 0.25) is 0 Å². The highest BCUT2D eigenvalue weighted by molar-refractivity contribution is 5.96. The first-order valence-electron chi connectivity index (χ1n) is 12.0. The molecule has 4 N–H and O–H groups in total. The zero-order chi connectivity index (χ0) is 26.7. The largest absolute Gasteiger partial charge is 0.480 e. The third-order valence-corrected chi connectivity index (χ3v) is 6.32. The molecule has 4 rings (SSSR count). The second-order valence-corrected chi connectivity index (χ2v) is 9.08. The zero-order valence-electron chi connectivity index (χ0n) is 21.1. The molecule has 1 saturated heterocycles. The van der Waals surface area contributed by atoms with Crippen LogP contribution in [0.25, 0.3) is 10.9 Å². The first-order chi connectivity index (χ1) is 17.7. The number of fused-ring (bicyclic) bond motifs is 1. The first-order valence-corrected chi connectivity index (χ1v) is 12.0. The number of para-hydroxylation sites is 1. The Morgan fingerprint density at radius 2 is 1.95 bits per heavy atom. The maximum atomic E-state index is 13.3. The van der Waals surface area contributed by atoms with Crippen LogP contribution in [0.3, 0.4) is 0 Å². The van der Waals surface area contributed by atoms with Gasteiger partial charge < -0.3 is 30.5 Å². The lowest BCUT2D eigenvalue weighted by Crippen LogP contribution is -2.40. The predicted molar refractivity (Wildman–Crippen MR) is 139 cm³/mol. The number of aryl methyl sites for hydroxylation is 1. The summed E-state index contributed by atoms with van der Waals surface area (Å²) in [5, 5.41) is 12.8. The van der Waals surface area contributed by atoms with Crippen LogP contribution < -0.4 is 21.5 Å². The monoisotopic (exact) mass is 509 g/mol. The highest BCUT2D eigenvalue weighted by Gasteiger charge is 2.22. The van der Waals surface area contributed by atoms with Gasteiger partial charge in [0.15, 0.2) is 0 Å². The molecule has 2 atom stereocenters. The van der Waals surface area contributed by atoms with E-state index >= 15 is 0 Å². The maximum Gasteiger partial charge on any atom is 0.340 e.